The molecule has 2 atom stereocenters. The van der Waals surface area contributed by atoms with E-state index in [-0.39, 0.29) is 0 Å². The van der Waals surface area contributed by atoms with Crippen LogP contribution in [0.1, 0.15) is 2.74 Å². The first-order chi connectivity index (χ1) is 2.64. The van der Waals surface area contributed by atoms with Gasteiger partial charge < -0.3 is 5.11 Å². The molecule has 0 aliphatic heterocycles. The number of aliphatic hydroxyl groups is 1. The highest BCUT2D eigenvalue weighted by molar-refractivity contribution is 6.17. The molecule has 0 spiro atoms. The Morgan fingerprint density at radius 2 is 2.50 bits per heavy atom. The number of hydrogen-bond donors (Lipinski definition) is 1. The van der Waals surface area contributed by atoms with Crippen LogP contribution in [0.4, 0.5) is 0 Å². The van der Waals surface area contributed by atoms with Crippen molar-refractivity contribution in [3.05, 3.63) is 0 Å². The minimum atomic E-state index is -1.47. The van der Waals surface area contributed by atoms with Gasteiger partial charge in [0.05, 0.1) is 7.95 Å². The van der Waals surface area contributed by atoms with Crippen LogP contribution in [0, 0.1) is 0 Å². The number of rotatable bonds is 1. The zero-order chi connectivity index (χ0) is 5.15. The Balaban J connectivity index is 2.99. The topological polar surface area (TPSA) is 20.2 Å². The van der Waals surface area contributed by atoms with Gasteiger partial charge in [-0.05, 0) is 0 Å². The first kappa shape index (κ1) is 1.63. The molecular formula is C2H5ClO. The second kappa shape index (κ2) is 3.25. The lowest BCUT2D eigenvalue weighted by Crippen LogP contribution is -1.76. The fourth-order valence-electron chi connectivity index (χ4n) is 0. The van der Waals surface area contributed by atoms with Crippen LogP contribution < -0.4 is 0 Å². The SMILES string of the molecule is [2H][C@@H](O)[C@@H]([2H])Cl. The average Bonchev–Trinajstić information content (AvgIpc) is 1.36. The summed E-state index contributed by atoms with van der Waals surface area (Å²) >= 11 is 4.84. The molecule has 0 bridgehead atoms. The third-order valence-corrected chi connectivity index (χ3v) is 0.169. The predicted octanol–water partition coefficient (Wildman–Crippen LogP) is 0.217. The van der Waals surface area contributed by atoms with E-state index in [9.17, 15) is 0 Å². The van der Waals surface area contributed by atoms with Crippen LogP contribution in [0.5, 0.6) is 0 Å². The molecule has 0 unspecified atom stereocenters. The van der Waals surface area contributed by atoms with Gasteiger partial charge in [-0.15, -0.1) is 11.6 Å². The molecule has 0 amide bonds. The highest BCUT2D eigenvalue weighted by atomic mass is 35.5. The molecule has 0 aliphatic rings. The second-order valence-electron chi connectivity index (χ2n) is 0.275. The molecule has 0 aromatic rings. The Labute approximate surface area is 33.0 Å². The van der Waals surface area contributed by atoms with Gasteiger partial charge >= 0.3 is 0 Å². The van der Waals surface area contributed by atoms with Gasteiger partial charge in [0.2, 0.25) is 0 Å². The first-order valence-corrected chi connectivity index (χ1v) is 1.25. The van der Waals surface area contributed by atoms with Gasteiger partial charge in [-0.25, -0.2) is 0 Å². The number of aliphatic hydroxyl groups excluding tert-OH is 1. The number of hydrogen-bond acceptors (Lipinski definition) is 1. The van der Waals surface area contributed by atoms with Crippen molar-refractivity contribution in [2.45, 2.75) is 0 Å². The van der Waals surface area contributed by atoms with Gasteiger partial charge in [0, 0.05) is 7.23 Å². The lowest BCUT2D eigenvalue weighted by molar-refractivity contribution is 0.321. The Morgan fingerprint density at radius 3 is 2.50 bits per heavy atom. The summed E-state index contributed by atoms with van der Waals surface area (Å²) < 4.78 is 12.6. The number of alkyl halides is 1. The molecule has 0 aromatic heterocycles. The Bertz CT molecular complexity index is 32.5. The van der Waals surface area contributed by atoms with Crippen LogP contribution in [0.15, 0.2) is 0 Å². The largest absolute Gasteiger partial charge is 0.395 e. The summed E-state index contributed by atoms with van der Waals surface area (Å²) in [5.74, 6) is -1.20. The summed E-state index contributed by atoms with van der Waals surface area (Å²) in [5, 5.41) is 7.98. The van der Waals surface area contributed by atoms with Crippen molar-refractivity contribution in [3.8, 4) is 0 Å². The monoisotopic (exact) mass is 82.0 g/mol. The average molecular weight is 82.5 g/mol. The van der Waals surface area contributed by atoms with Crippen LogP contribution in [-0.4, -0.2) is 17.5 Å². The number of halogens is 1. The zero-order valence-electron chi connectivity index (χ0n) is 3.98. The van der Waals surface area contributed by atoms with Gasteiger partial charge in [-0.3, -0.25) is 0 Å². The molecule has 0 rings (SSSR count). The van der Waals surface area contributed by atoms with E-state index < -0.39 is 12.4 Å². The summed E-state index contributed by atoms with van der Waals surface area (Å²) in [7, 11) is 0. The summed E-state index contributed by atoms with van der Waals surface area (Å²) in [6.07, 6.45) is 0. The van der Waals surface area contributed by atoms with Gasteiger partial charge in [0.1, 0.15) is 0 Å². The van der Waals surface area contributed by atoms with E-state index in [1.165, 1.54) is 0 Å². The zero-order valence-corrected chi connectivity index (χ0v) is 2.74. The maximum absolute atomic E-state index is 7.98. The molecule has 1 N–H and O–H groups in total. The molecule has 0 aromatic carbocycles. The third-order valence-electron chi connectivity index (χ3n) is 0.0563. The quantitative estimate of drug-likeness (QED) is 0.449. The summed E-state index contributed by atoms with van der Waals surface area (Å²) in [5.41, 5.74) is 0. The molecule has 0 saturated carbocycles. The summed E-state index contributed by atoms with van der Waals surface area (Å²) in [6.45, 7) is -1.47. The van der Waals surface area contributed by atoms with E-state index >= 15 is 0 Å². The molecule has 4 heavy (non-hydrogen) atoms. The molecule has 0 fully saturated rings. The van der Waals surface area contributed by atoms with E-state index in [0.717, 1.165) is 0 Å². The first-order valence-electron chi connectivity index (χ1n) is 1.96. The molecular weight excluding hydrogens is 75.5 g/mol. The minimum absolute atomic E-state index is 1.20. The summed E-state index contributed by atoms with van der Waals surface area (Å²) in [6, 6.07) is 0. The molecule has 0 saturated heterocycles. The van der Waals surface area contributed by atoms with Crippen molar-refractivity contribution >= 4 is 11.6 Å². The molecule has 0 aliphatic carbocycles. The van der Waals surface area contributed by atoms with Gasteiger partial charge in [-0.1, -0.05) is 0 Å². The molecule has 1 nitrogen and oxygen atoms in total. The Morgan fingerprint density at radius 1 is 2.25 bits per heavy atom. The molecule has 0 radical (unpaired) electrons. The maximum atomic E-state index is 7.98. The molecule has 26 valence electrons. The molecule has 0 heterocycles. The second-order valence-corrected chi connectivity index (χ2v) is 0.527. The third kappa shape index (κ3) is 2.25. The van der Waals surface area contributed by atoms with Gasteiger partial charge in [0.15, 0.2) is 0 Å². The van der Waals surface area contributed by atoms with Crippen molar-refractivity contribution in [2.24, 2.45) is 0 Å². The van der Waals surface area contributed by atoms with Gasteiger partial charge in [0.25, 0.3) is 0 Å². The molecule has 2 heteroatoms. The predicted molar refractivity (Wildman–Crippen MR) is 17.8 cm³/mol. The minimum Gasteiger partial charge on any atom is -0.395 e. The fourth-order valence-corrected chi connectivity index (χ4v) is 0. The Hall–Kier alpha value is 0.250. The van der Waals surface area contributed by atoms with E-state index in [1.54, 1.807) is 0 Å². The van der Waals surface area contributed by atoms with Crippen molar-refractivity contribution in [1.82, 2.24) is 0 Å². The summed E-state index contributed by atoms with van der Waals surface area (Å²) in [4.78, 5) is 0. The highest BCUT2D eigenvalue weighted by Gasteiger charge is 1.60. The standard InChI is InChI=1S/C2H5ClO/c3-1-2-4/h4H,1-2H2/i1D,2D/t1-,2-/m1/s1. The van der Waals surface area contributed by atoms with Crippen molar-refractivity contribution in [1.29, 1.82) is 0 Å². The van der Waals surface area contributed by atoms with E-state index in [1.807, 2.05) is 0 Å². The van der Waals surface area contributed by atoms with Crippen molar-refractivity contribution in [2.75, 3.05) is 12.4 Å². The van der Waals surface area contributed by atoms with Crippen LogP contribution in [-0.2, 0) is 0 Å². The van der Waals surface area contributed by atoms with Crippen LogP contribution >= 0.6 is 11.6 Å². The van der Waals surface area contributed by atoms with Crippen molar-refractivity contribution in [3.63, 3.8) is 0 Å². The fraction of sp³-hybridized carbons (Fsp3) is 1.00. The Kier molecular flexibility index (Phi) is 1.32. The van der Waals surface area contributed by atoms with E-state index in [4.69, 9.17) is 19.4 Å². The van der Waals surface area contributed by atoms with Crippen LogP contribution in [0.3, 0.4) is 0 Å². The van der Waals surface area contributed by atoms with Gasteiger partial charge in [-0.2, -0.15) is 0 Å². The lowest BCUT2D eigenvalue weighted by Gasteiger charge is -1.67. The normalized spacial score (nSPS) is 30.5. The maximum Gasteiger partial charge on any atom is 0.0576 e. The van der Waals surface area contributed by atoms with Crippen LogP contribution in [0.2, 0.25) is 0 Å². The smallest absolute Gasteiger partial charge is 0.0576 e. The lowest BCUT2D eigenvalue weighted by atomic mass is 10.9. The van der Waals surface area contributed by atoms with E-state index in [0.29, 0.717) is 0 Å². The highest BCUT2D eigenvalue weighted by Crippen LogP contribution is 1.63. The van der Waals surface area contributed by atoms with Crippen LogP contribution in [0.25, 0.3) is 0 Å². The van der Waals surface area contributed by atoms with E-state index in [2.05, 4.69) is 0 Å². The van der Waals surface area contributed by atoms with Crippen molar-refractivity contribution < 1.29 is 7.85 Å².